The zero-order valence-electron chi connectivity index (χ0n) is 11.9. The lowest BCUT2D eigenvalue weighted by Crippen LogP contribution is -2.16. The van der Waals surface area contributed by atoms with Gasteiger partial charge in [0.15, 0.2) is 0 Å². The standard InChI is InChI=1S/C15H27N3/c1-3-4-5-6-7-8-9-10-15(16-2)14-11-12-17-18-13-14/h11-13,15-16H,3-10H2,1-2H3. The fourth-order valence-electron chi connectivity index (χ4n) is 2.29. The summed E-state index contributed by atoms with van der Waals surface area (Å²) < 4.78 is 0. The molecule has 0 amide bonds. The number of unbranched alkanes of at least 4 members (excludes halogenated alkanes) is 6. The Balaban J connectivity index is 2.13. The van der Waals surface area contributed by atoms with E-state index in [1.807, 2.05) is 13.2 Å². The maximum atomic E-state index is 3.94. The number of aromatic nitrogens is 2. The van der Waals surface area contributed by atoms with E-state index in [9.17, 15) is 0 Å². The van der Waals surface area contributed by atoms with Crippen molar-refractivity contribution in [3.63, 3.8) is 0 Å². The van der Waals surface area contributed by atoms with Crippen LogP contribution >= 0.6 is 0 Å². The molecule has 3 heteroatoms. The number of nitrogens with zero attached hydrogens (tertiary/aromatic N) is 2. The van der Waals surface area contributed by atoms with E-state index in [1.165, 1.54) is 56.9 Å². The van der Waals surface area contributed by atoms with E-state index in [2.05, 4.69) is 28.5 Å². The molecule has 3 nitrogen and oxygen atoms in total. The molecule has 0 radical (unpaired) electrons. The van der Waals surface area contributed by atoms with Crippen LogP contribution in [0.3, 0.4) is 0 Å². The summed E-state index contributed by atoms with van der Waals surface area (Å²) in [5, 5.41) is 11.1. The molecule has 0 fully saturated rings. The molecular formula is C15H27N3. The van der Waals surface area contributed by atoms with Crippen LogP contribution in [0.15, 0.2) is 18.5 Å². The van der Waals surface area contributed by atoms with Crippen LogP contribution in [-0.2, 0) is 0 Å². The second-order valence-electron chi connectivity index (χ2n) is 4.93. The van der Waals surface area contributed by atoms with Crippen LogP contribution in [0.2, 0.25) is 0 Å². The van der Waals surface area contributed by atoms with Crippen molar-refractivity contribution in [3.05, 3.63) is 24.0 Å². The van der Waals surface area contributed by atoms with E-state index in [1.54, 1.807) is 6.20 Å². The van der Waals surface area contributed by atoms with Crippen molar-refractivity contribution in [2.75, 3.05) is 7.05 Å². The molecule has 0 aliphatic rings. The highest BCUT2D eigenvalue weighted by atomic mass is 15.1. The van der Waals surface area contributed by atoms with Gasteiger partial charge in [-0.3, -0.25) is 0 Å². The fourth-order valence-corrected chi connectivity index (χ4v) is 2.29. The molecule has 0 spiro atoms. The van der Waals surface area contributed by atoms with Gasteiger partial charge in [0.05, 0.1) is 6.20 Å². The van der Waals surface area contributed by atoms with E-state index in [0.29, 0.717) is 6.04 Å². The van der Waals surface area contributed by atoms with Crippen molar-refractivity contribution in [2.45, 2.75) is 64.3 Å². The molecule has 18 heavy (non-hydrogen) atoms. The highest BCUT2D eigenvalue weighted by Gasteiger charge is 2.08. The molecule has 0 aromatic carbocycles. The Morgan fingerprint density at radius 1 is 1.06 bits per heavy atom. The van der Waals surface area contributed by atoms with Gasteiger partial charge in [0.25, 0.3) is 0 Å². The van der Waals surface area contributed by atoms with Gasteiger partial charge in [0.1, 0.15) is 0 Å². The lowest BCUT2D eigenvalue weighted by atomic mass is 10.0. The Hall–Kier alpha value is -0.960. The van der Waals surface area contributed by atoms with Gasteiger partial charge in [0.2, 0.25) is 0 Å². The first-order valence-electron chi connectivity index (χ1n) is 7.32. The summed E-state index contributed by atoms with van der Waals surface area (Å²) in [7, 11) is 2.02. The van der Waals surface area contributed by atoms with Gasteiger partial charge in [0, 0.05) is 12.2 Å². The lowest BCUT2D eigenvalue weighted by Gasteiger charge is -2.15. The molecule has 0 aliphatic heterocycles. The third-order valence-corrected chi connectivity index (χ3v) is 3.45. The highest BCUT2D eigenvalue weighted by molar-refractivity contribution is 5.10. The third kappa shape index (κ3) is 6.10. The van der Waals surface area contributed by atoms with Crippen LogP contribution in [-0.4, -0.2) is 17.2 Å². The summed E-state index contributed by atoms with van der Waals surface area (Å²) in [6.45, 7) is 2.26. The Labute approximate surface area is 111 Å². The predicted octanol–water partition coefficient (Wildman–Crippen LogP) is 3.88. The smallest absolute Gasteiger partial charge is 0.0544 e. The molecule has 0 aliphatic carbocycles. The van der Waals surface area contributed by atoms with Gasteiger partial charge >= 0.3 is 0 Å². The van der Waals surface area contributed by atoms with Gasteiger partial charge in [-0.15, -0.1) is 0 Å². The quantitative estimate of drug-likeness (QED) is 0.639. The van der Waals surface area contributed by atoms with Crippen molar-refractivity contribution in [1.82, 2.24) is 15.5 Å². The van der Waals surface area contributed by atoms with Gasteiger partial charge in [-0.2, -0.15) is 10.2 Å². The van der Waals surface area contributed by atoms with Crippen molar-refractivity contribution in [1.29, 1.82) is 0 Å². The highest BCUT2D eigenvalue weighted by Crippen LogP contribution is 2.18. The Kier molecular flexibility index (Phi) is 8.40. The number of hydrogen-bond donors (Lipinski definition) is 1. The fraction of sp³-hybridized carbons (Fsp3) is 0.733. The first-order valence-corrected chi connectivity index (χ1v) is 7.32. The third-order valence-electron chi connectivity index (χ3n) is 3.45. The summed E-state index contributed by atoms with van der Waals surface area (Å²) in [5.41, 5.74) is 1.25. The Bertz CT molecular complexity index is 287. The van der Waals surface area contributed by atoms with E-state index in [4.69, 9.17) is 0 Å². The molecule has 1 N–H and O–H groups in total. The first kappa shape index (κ1) is 15.1. The van der Waals surface area contributed by atoms with E-state index in [0.717, 1.165) is 0 Å². The molecule has 0 saturated heterocycles. The summed E-state index contributed by atoms with van der Waals surface area (Å²) >= 11 is 0. The van der Waals surface area contributed by atoms with Crippen LogP contribution in [0.4, 0.5) is 0 Å². The average molecular weight is 249 g/mol. The lowest BCUT2D eigenvalue weighted by molar-refractivity contribution is 0.494. The predicted molar refractivity (Wildman–Crippen MR) is 76.4 cm³/mol. The summed E-state index contributed by atoms with van der Waals surface area (Å²) in [4.78, 5) is 0. The molecule has 0 bridgehead atoms. The van der Waals surface area contributed by atoms with E-state index in [-0.39, 0.29) is 0 Å². The van der Waals surface area contributed by atoms with E-state index < -0.39 is 0 Å². The largest absolute Gasteiger partial charge is 0.313 e. The normalized spacial score (nSPS) is 12.6. The molecule has 1 atom stereocenters. The second kappa shape index (κ2) is 10.0. The maximum absolute atomic E-state index is 3.94. The van der Waals surface area contributed by atoms with Crippen molar-refractivity contribution in [3.8, 4) is 0 Å². The summed E-state index contributed by atoms with van der Waals surface area (Å²) in [5.74, 6) is 0. The number of hydrogen-bond acceptors (Lipinski definition) is 3. The van der Waals surface area contributed by atoms with E-state index >= 15 is 0 Å². The van der Waals surface area contributed by atoms with Gasteiger partial charge in [-0.25, -0.2) is 0 Å². The maximum Gasteiger partial charge on any atom is 0.0544 e. The molecule has 1 unspecified atom stereocenters. The van der Waals surface area contributed by atoms with Crippen LogP contribution in [0.25, 0.3) is 0 Å². The van der Waals surface area contributed by atoms with Crippen LogP contribution in [0.1, 0.15) is 69.9 Å². The molecule has 102 valence electrons. The van der Waals surface area contributed by atoms with Crippen LogP contribution in [0, 0.1) is 0 Å². The summed E-state index contributed by atoms with van der Waals surface area (Å²) in [6.07, 6.45) is 14.4. The average Bonchev–Trinajstić information content (AvgIpc) is 2.43. The number of rotatable bonds is 10. The van der Waals surface area contributed by atoms with Gasteiger partial charge < -0.3 is 5.32 Å². The van der Waals surface area contributed by atoms with Crippen molar-refractivity contribution in [2.24, 2.45) is 0 Å². The Morgan fingerprint density at radius 2 is 1.78 bits per heavy atom. The number of nitrogens with one attached hydrogen (secondary N) is 1. The minimum Gasteiger partial charge on any atom is -0.313 e. The zero-order valence-corrected chi connectivity index (χ0v) is 11.9. The van der Waals surface area contributed by atoms with Gasteiger partial charge in [-0.05, 0) is 25.1 Å². The van der Waals surface area contributed by atoms with Crippen LogP contribution in [0.5, 0.6) is 0 Å². The molecular weight excluding hydrogens is 222 g/mol. The second-order valence-corrected chi connectivity index (χ2v) is 4.93. The zero-order chi connectivity index (χ0) is 13.1. The SMILES string of the molecule is CCCCCCCCCC(NC)c1ccnnc1. The van der Waals surface area contributed by atoms with Crippen molar-refractivity contribution < 1.29 is 0 Å². The molecule has 1 heterocycles. The summed E-state index contributed by atoms with van der Waals surface area (Å²) in [6, 6.07) is 2.48. The van der Waals surface area contributed by atoms with Crippen molar-refractivity contribution >= 4 is 0 Å². The Morgan fingerprint density at radius 3 is 2.39 bits per heavy atom. The minimum absolute atomic E-state index is 0.427. The molecule has 0 saturated carbocycles. The van der Waals surface area contributed by atoms with Gasteiger partial charge in [-0.1, -0.05) is 51.9 Å². The topological polar surface area (TPSA) is 37.8 Å². The molecule has 1 rings (SSSR count). The monoisotopic (exact) mass is 249 g/mol. The minimum atomic E-state index is 0.427. The molecule has 1 aromatic heterocycles. The first-order chi connectivity index (χ1) is 8.88. The van der Waals surface area contributed by atoms with Crippen LogP contribution < -0.4 is 5.32 Å². The molecule has 1 aromatic rings.